The van der Waals surface area contributed by atoms with Crippen molar-refractivity contribution in [3.8, 4) is 16.9 Å². The Kier molecular flexibility index (Phi) is 8.47. The predicted octanol–water partition coefficient (Wildman–Crippen LogP) is 3.02. The Morgan fingerprint density at radius 2 is 1.70 bits per heavy atom. The lowest BCUT2D eigenvalue weighted by Gasteiger charge is -2.44. The summed E-state index contributed by atoms with van der Waals surface area (Å²) in [6.45, 7) is -0.0329. The molecule has 3 N–H and O–H groups in total. The Morgan fingerprint density at radius 3 is 2.27 bits per heavy atom. The molecule has 1 fully saturated rings. The highest BCUT2D eigenvalue weighted by atomic mass is 32.2. The largest absolute Gasteiger partial charge is 0.497 e. The number of hydrazine groups is 1. The molecule has 0 heterocycles. The van der Waals surface area contributed by atoms with Crippen molar-refractivity contribution in [1.29, 1.82) is 0 Å². The zero-order chi connectivity index (χ0) is 23.9. The Labute approximate surface area is 195 Å². The molecule has 1 aliphatic carbocycles. The molecule has 0 bridgehead atoms. The predicted molar refractivity (Wildman–Crippen MR) is 125 cm³/mol. The summed E-state index contributed by atoms with van der Waals surface area (Å²) in [5.74, 6) is 0.266. The molecule has 2 aromatic rings. The lowest BCUT2D eigenvalue weighted by molar-refractivity contribution is -0.143. The zero-order valence-electron chi connectivity index (χ0n) is 19.0. The number of carbonyl (C=O) groups excluding carboxylic acids is 1. The molecular weight excluding hydrogens is 444 g/mol. The summed E-state index contributed by atoms with van der Waals surface area (Å²) < 4.78 is 36.1. The Hall–Kier alpha value is -2.46. The van der Waals surface area contributed by atoms with Gasteiger partial charge in [0.15, 0.2) is 0 Å². The maximum Gasteiger partial charge on any atom is 0.307 e. The van der Waals surface area contributed by atoms with Crippen LogP contribution in [0.3, 0.4) is 0 Å². The number of rotatable bonds is 10. The topological polar surface area (TPSA) is 114 Å². The van der Waals surface area contributed by atoms with E-state index in [1.165, 1.54) is 7.11 Å². The fourth-order valence-electron chi connectivity index (χ4n) is 4.50. The minimum absolute atomic E-state index is 0.0209. The molecule has 0 amide bonds. The van der Waals surface area contributed by atoms with E-state index in [-0.39, 0.29) is 23.8 Å². The standard InChI is InChI=1S/C24H32N2O6S/c1-31-21-10-6-18(7-11-21)19-8-12-22(13-9-19)33(29,30)26-25-24(17-23(28)32-2)15-4-3-5-20(24)14-16-27/h6-13,20,25-27H,3-5,14-17H2,1-2H3. The number of aliphatic hydroxyl groups is 1. The van der Waals surface area contributed by atoms with Crippen LogP contribution in [-0.4, -0.2) is 45.9 Å². The van der Waals surface area contributed by atoms with Crippen LogP contribution in [0.2, 0.25) is 0 Å². The molecule has 1 saturated carbocycles. The molecule has 2 aromatic carbocycles. The van der Waals surface area contributed by atoms with Crippen LogP contribution in [0.5, 0.6) is 5.75 Å². The molecule has 0 aliphatic heterocycles. The van der Waals surface area contributed by atoms with Gasteiger partial charge >= 0.3 is 5.97 Å². The fourth-order valence-corrected chi connectivity index (χ4v) is 5.45. The number of ether oxygens (including phenoxy) is 2. The third kappa shape index (κ3) is 6.11. The molecule has 2 unspecified atom stereocenters. The summed E-state index contributed by atoms with van der Waals surface area (Å²) in [6, 6.07) is 14.1. The maximum absolute atomic E-state index is 13.0. The van der Waals surface area contributed by atoms with Gasteiger partial charge in [0.25, 0.3) is 10.0 Å². The normalized spacial score (nSPS) is 20.9. The van der Waals surface area contributed by atoms with Gasteiger partial charge in [0.1, 0.15) is 5.75 Å². The zero-order valence-corrected chi connectivity index (χ0v) is 19.9. The van der Waals surface area contributed by atoms with E-state index < -0.39 is 21.5 Å². The molecule has 1 aliphatic rings. The second-order valence-corrected chi connectivity index (χ2v) is 10.0. The van der Waals surface area contributed by atoms with E-state index in [1.807, 2.05) is 24.3 Å². The van der Waals surface area contributed by atoms with Crippen LogP contribution < -0.4 is 15.0 Å². The number of aliphatic hydroxyl groups excluding tert-OH is 1. The summed E-state index contributed by atoms with van der Waals surface area (Å²) >= 11 is 0. The van der Waals surface area contributed by atoms with E-state index in [4.69, 9.17) is 9.47 Å². The van der Waals surface area contributed by atoms with Crippen molar-refractivity contribution in [2.75, 3.05) is 20.8 Å². The van der Waals surface area contributed by atoms with Crippen LogP contribution >= 0.6 is 0 Å². The number of esters is 1. The van der Waals surface area contributed by atoms with E-state index in [2.05, 4.69) is 10.3 Å². The fraction of sp³-hybridized carbons (Fsp3) is 0.458. The van der Waals surface area contributed by atoms with Crippen LogP contribution in [0.1, 0.15) is 38.5 Å². The summed E-state index contributed by atoms with van der Waals surface area (Å²) in [4.78, 5) is 14.7. The molecule has 8 nitrogen and oxygen atoms in total. The molecule has 2 atom stereocenters. The average molecular weight is 477 g/mol. The van der Waals surface area contributed by atoms with Crippen molar-refractivity contribution >= 4 is 16.0 Å². The molecule has 33 heavy (non-hydrogen) atoms. The maximum atomic E-state index is 13.0. The number of carbonyl (C=O) groups is 1. The summed E-state index contributed by atoms with van der Waals surface area (Å²) in [5.41, 5.74) is 3.97. The van der Waals surface area contributed by atoms with E-state index in [9.17, 15) is 18.3 Å². The van der Waals surface area contributed by atoms with Gasteiger partial charge in [0.2, 0.25) is 0 Å². The van der Waals surface area contributed by atoms with Crippen LogP contribution in [0.15, 0.2) is 53.4 Å². The molecule has 9 heteroatoms. The second kappa shape index (κ2) is 11.1. The Bertz CT molecular complexity index is 1020. The molecular formula is C24H32N2O6S. The third-order valence-corrected chi connectivity index (χ3v) is 7.66. The van der Waals surface area contributed by atoms with Crippen molar-refractivity contribution in [3.05, 3.63) is 48.5 Å². The SMILES string of the molecule is COC(=O)CC1(NNS(=O)(=O)c2ccc(-c3ccc(OC)cc3)cc2)CCCCC1CCO. The number of sulfonamides is 1. The number of methoxy groups -OCH3 is 2. The number of hydrogen-bond acceptors (Lipinski definition) is 7. The first kappa shape index (κ1) is 25.2. The number of benzene rings is 2. The number of hydrogen-bond donors (Lipinski definition) is 3. The Morgan fingerprint density at radius 1 is 1.06 bits per heavy atom. The van der Waals surface area contributed by atoms with Crippen molar-refractivity contribution in [2.24, 2.45) is 5.92 Å². The molecule has 0 radical (unpaired) electrons. The highest BCUT2D eigenvalue weighted by Crippen LogP contribution is 2.38. The van der Waals surface area contributed by atoms with Crippen LogP contribution in [0, 0.1) is 5.92 Å². The minimum Gasteiger partial charge on any atom is -0.497 e. The lowest BCUT2D eigenvalue weighted by Crippen LogP contribution is -2.60. The van der Waals surface area contributed by atoms with Gasteiger partial charge in [-0.3, -0.25) is 4.79 Å². The Balaban J connectivity index is 1.77. The molecule has 180 valence electrons. The van der Waals surface area contributed by atoms with Gasteiger partial charge in [-0.1, -0.05) is 37.1 Å². The highest BCUT2D eigenvalue weighted by Gasteiger charge is 2.43. The quantitative estimate of drug-likeness (QED) is 0.357. The van der Waals surface area contributed by atoms with Gasteiger partial charge < -0.3 is 14.6 Å². The molecule has 0 aromatic heterocycles. The van der Waals surface area contributed by atoms with Crippen LogP contribution in [0.4, 0.5) is 0 Å². The van der Waals surface area contributed by atoms with Crippen molar-refractivity contribution < 1.29 is 27.8 Å². The van der Waals surface area contributed by atoms with E-state index in [0.29, 0.717) is 12.8 Å². The van der Waals surface area contributed by atoms with Crippen molar-refractivity contribution in [1.82, 2.24) is 10.3 Å². The van der Waals surface area contributed by atoms with Crippen molar-refractivity contribution in [2.45, 2.75) is 49.0 Å². The monoisotopic (exact) mass is 476 g/mol. The van der Waals surface area contributed by atoms with Crippen molar-refractivity contribution in [3.63, 3.8) is 0 Å². The number of nitrogens with one attached hydrogen (secondary N) is 2. The first-order chi connectivity index (χ1) is 15.8. The van der Waals surface area contributed by atoms with Gasteiger partial charge in [-0.05, 0) is 60.6 Å². The van der Waals surface area contributed by atoms with E-state index in [1.54, 1.807) is 31.4 Å². The lowest BCUT2D eigenvalue weighted by atomic mass is 9.70. The molecule has 3 rings (SSSR count). The first-order valence-electron chi connectivity index (χ1n) is 11.0. The highest BCUT2D eigenvalue weighted by molar-refractivity contribution is 7.89. The van der Waals surface area contributed by atoms with Crippen LogP contribution in [-0.2, 0) is 19.6 Å². The van der Waals surface area contributed by atoms with Gasteiger partial charge in [-0.25, -0.2) is 13.8 Å². The third-order valence-electron chi connectivity index (χ3n) is 6.39. The average Bonchev–Trinajstić information content (AvgIpc) is 2.84. The second-order valence-electron chi connectivity index (χ2n) is 8.35. The van der Waals surface area contributed by atoms with E-state index >= 15 is 0 Å². The molecule has 0 spiro atoms. The van der Waals surface area contributed by atoms with Gasteiger partial charge in [0.05, 0.1) is 25.5 Å². The first-order valence-corrected chi connectivity index (χ1v) is 12.5. The van der Waals surface area contributed by atoms with Gasteiger partial charge in [0, 0.05) is 12.1 Å². The summed E-state index contributed by atoms with van der Waals surface area (Å²) in [5, 5.41) is 9.51. The van der Waals surface area contributed by atoms with Crippen LogP contribution in [0.25, 0.3) is 11.1 Å². The molecule has 0 saturated heterocycles. The van der Waals surface area contributed by atoms with Gasteiger partial charge in [-0.2, -0.15) is 0 Å². The van der Waals surface area contributed by atoms with E-state index in [0.717, 1.165) is 36.1 Å². The smallest absolute Gasteiger partial charge is 0.307 e. The summed E-state index contributed by atoms with van der Waals surface area (Å²) in [6.07, 6.45) is 3.71. The summed E-state index contributed by atoms with van der Waals surface area (Å²) in [7, 11) is -0.969. The van der Waals surface area contributed by atoms with Gasteiger partial charge in [-0.15, -0.1) is 4.83 Å². The minimum atomic E-state index is -3.88.